The molecule has 0 saturated heterocycles. The Labute approximate surface area is 228 Å². The predicted octanol–water partition coefficient (Wildman–Crippen LogP) is 4.56. The van der Waals surface area contributed by atoms with Crippen molar-refractivity contribution in [3.63, 3.8) is 0 Å². The minimum absolute atomic E-state index is 0.0399. The summed E-state index contributed by atoms with van der Waals surface area (Å²) in [6, 6.07) is 18.0. The van der Waals surface area contributed by atoms with Crippen LogP contribution >= 0.6 is 0 Å². The average molecular weight is 543 g/mol. The number of hydrogen-bond acceptors (Lipinski definition) is 7. The lowest BCUT2D eigenvalue weighted by Gasteiger charge is -2.53. The van der Waals surface area contributed by atoms with Gasteiger partial charge in [-0.15, -0.1) is 0 Å². The molecule has 3 aromatic rings. The number of para-hydroxylation sites is 2. The van der Waals surface area contributed by atoms with Crippen LogP contribution in [0.5, 0.6) is 23.0 Å². The van der Waals surface area contributed by atoms with Crippen LogP contribution < -0.4 is 19.3 Å². The Kier molecular flexibility index (Phi) is 5.53. The molecule has 1 heterocycles. The lowest BCUT2D eigenvalue weighted by molar-refractivity contribution is -0.255. The Morgan fingerprint density at radius 3 is 2.10 bits per heavy atom. The summed E-state index contributed by atoms with van der Waals surface area (Å²) in [7, 11) is 0.535. The smallest absolute Gasteiger partial charge is 0.317 e. The van der Waals surface area contributed by atoms with Crippen LogP contribution in [0.3, 0.4) is 0 Å². The molecule has 4 bridgehead atoms. The van der Waals surface area contributed by atoms with Crippen molar-refractivity contribution in [3.05, 3.63) is 66.2 Å². The summed E-state index contributed by atoms with van der Waals surface area (Å²) in [5.41, 5.74) is -0.732. The van der Waals surface area contributed by atoms with Crippen LogP contribution in [0.2, 0.25) is 0 Å². The molecule has 5 aliphatic rings. The average Bonchev–Trinajstić information content (AvgIpc) is 2.93. The number of carbonyl (C=O) groups is 3. The van der Waals surface area contributed by atoms with Crippen LogP contribution in [0.15, 0.2) is 75.4 Å². The van der Waals surface area contributed by atoms with Gasteiger partial charge in [-0.1, -0.05) is 24.3 Å². The summed E-state index contributed by atoms with van der Waals surface area (Å²) < 4.78 is 17.7. The van der Waals surface area contributed by atoms with E-state index in [0.29, 0.717) is 40.9 Å². The topological polar surface area (TPSA) is 102 Å². The Balaban J connectivity index is 1.33. The van der Waals surface area contributed by atoms with E-state index in [1.165, 1.54) is 13.2 Å². The first-order valence-electron chi connectivity index (χ1n) is 13.2. The van der Waals surface area contributed by atoms with Gasteiger partial charge < -0.3 is 24.1 Å². The van der Waals surface area contributed by atoms with E-state index in [1.54, 1.807) is 6.07 Å². The van der Waals surface area contributed by atoms with Crippen molar-refractivity contribution in [1.29, 1.82) is 0 Å². The number of Topliss-reactive ketones (excluding diaryl/α,β-unsaturated/α-hetero) is 1. The van der Waals surface area contributed by atoms with Gasteiger partial charge in [0.25, 0.3) is 0 Å². The maximum atomic E-state index is 13.8. The molecule has 39 heavy (non-hydrogen) atoms. The van der Waals surface area contributed by atoms with Crippen LogP contribution in [0, 0.1) is 23.2 Å². The quantitative estimate of drug-likeness (QED) is 0.207. The van der Waals surface area contributed by atoms with E-state index in [4.69, 9.17) is 14.2 Å². The van der Waals surface area contributed by atoms with Crippen molar-refractivity contribution in [2.24, 2.45) is 23.2 Å². The Morgan fingerprint density at radius 2 is 1.51 bits per heavy atom. The van der Waals surface area contributed by atoms with Crippen LogP contribution in [-0.4, -0.2) is 24.8 Å². The lowest BCUT2D eigenvalue weighted by Crippen LogP contribution is -2.55. The second-order valence-electron chi connectivity index (χ2n) is 11.0. The molecule has 0 spiro atoms. The summed E-state index contributed by atoms with van der Waals surface area (Å²) in [5.74, 6) is 0.382. The van der Waals surface area contributed by atoms with E-state index >= 15 is 0 Å². The molecule has 0 N–H and O–H groups in total. The van der Waals surface area contributed by atoms with Gasteiger partial charge in [0.1, 0.15) is 16.7 Å². The molecule has 0 amide bonds. The van der Waals surface area contributed by atoms with Gasteiger partial charge in [-0.25, -0.2) is 0 Å². The summed E-state index contributed by atoms with van der Waals surface area (Å²) >= 11 is 0. The number of ketones is 1. The van der Waals surface area contributed by atoms with Crippen molar-refractivity contribution in [1.82, 2.24) is 0 Å². The number of hydrogen-bond donors (Lipinski definition) is 0. The highest BCUT2D eigenvalue weighted by Gasteiger charge is 2.59. The molecular formula is C31H26O7S. The SMILES string of the molecule is COc1cc(C(=O)[O-])c([S+]2c3ccccc3Oc3ccccc32)cc1OC(=O)C12CC3CC(C1)C(=O)C(C3)C2. The third-order valence-electron chi connectivity index (χ3n) is 8.69. The van der Waals surface area contributed by atoms with Gasteiger partial charge >= 0.3 is 5.97 Å². The Bertz CT molecular complexity index is 1480. The van der Waals surface area contributed by atoms with Gasteiger partial charge in [-0.3, -0.25) is 9.59 Å². The monoisotopic (exact) mass is 542 g/mol. The van der Waals surface area contributed by atoms with Crippen molar-refractivity contribution in [2.45, 2.75) is 46.8 Å². The van der Waals surface area contributed by atoms with Crippen molar-refractivity contribution in [2.75, 3.05) is 7.11 Å². The second kappa shape index (κ2) is 8.88. The van der Waals surface area contributed by atoms with Gasteiger partial charge in [0.15, 0.2) is 27.9 Å². The molecule has 4 saturated carbocycles. The van der Waals surface area contributed by atoms with Gasteiger partial charge in [0.2, 0.25) is 9.79 Å². The Morgan fingerprint density at radius 1 is 0.897 bits per heavy atom. The van der Waals surface area contributed by atoms with E-state index in [0.717, 1.165) is 29.1 Å². The van der Waals surface area contributed by atoms with E-state index < -0.39 is 22.3 Å². The van der Waals surface area contributed by atoms with Crippen molar-refractivity contribution >= 4 is 28.6 Å². The van der Waals surface area contributed by atoms with Gasteiger partial charge in [0.05, 0.1) is 24.1 Å². The first kappa shape index (κ1) is 24.3. The first-order chi connectivity index (χ1) is 18.9. The number of ether oxygens (including phenoxy) is 3. The number of aromatic carboxylic acids is 1. The molecule has 7 nitrogen and oxygen atoms in total. The van der Waals surface area contributed by atoms with Gasteiger partial charge in [-0.05, 0) is 68.4 Å². The third-order valence-corrected chi connectivity index (χ3v) is 11.0. The third kappa shape index (κ3) is 3.76. The number of esters is 1. The summed E-state index contributed by atoms with van der Waals surface area (Å²) in [6.07, 6.45) is 3.49. The first-order valence-corrected chi connectivity index (χ1v) is 14.4. The van der Waals surface area contributed by atoms with Crippen LogP contribution in [0.4, 0.5) is 0 Å². The minimum atomic E-state index is -1.35. The zero-order valence-electron chi connectivity index (χ0n) is 21.3. The zero-order valence-corrected chi connectivity index (χ0v) is 22.1. The fraction of sp³-hybridized carbons (Fsp3) is 0.323. The molecular weight excluding hydrogens is 516 g/mol. The Hall–Kier alpha value is -3.78. The maximum absolute atomic E-state index is 13.8. The molecule has 1 aliphatic heterocycles. The maximum Gasteiger partial charge on any atom is 0.317 e. The molecule has 2 atom stereocenters. The number of rotatable bonds is 5. The van der Waals surface area contributed by atoms with Crippen LogP contribution in [0.25, 0.3) is 0 Å². The van der Waals surface area contributed by atoms with E-state index in [-0.39, 0.29) is 34.9 Å². The second-order valence-corrected chi connectivity index (χ2v) is 12.9. The molecule has 8 rings (SSSR count). The summed E-state index contributed by atoms with van der Waals surface area (Å²) in [6.45, 7) is 0. The predicted molar refractivity (Wildman–Crippen MR) is 139 cm³/mol. The number of carbonyl (C=O) groups excluding carboxylic acids is 3. The molecule has 0 radical (unpaired) electrons. The number of fused-ring (bicyclic) bond motifs is 2. The van der Waals surface area contributed by atoms with E-state index in [9.17, 15) is 19.5 Å². The number of carboxylic acids is 1. The molecule has 4 aliphatic carbocycles. The normalized spacial score (nSPS) is 26.4. The molecule has 0 aromatic heterocycles. The lowest BCUT2D eigenvalue weighted by atomic mass is 9.49. The van der Waals surface area contributed by atoms with Crippen LogP contribution in [-0.2, 0) is 20.5 Å². The molecule has 3 aromatic carbocycles. The minimum Gasteiger partial charge on any atom is -0.545 e. The van der Waals surface area contributed by atoms with Gasteiger partial charge in [0, 0.05) is 17.9 Å². The number of carboxylic acid groups (broad SMARTS) is 1. The molecule has 8 heteroatoms. The van der Waals surface area contributed by atoms with Crippen molar-refractivity contribution < 1.29 is 33.7 Å². The largest absolute Gasteiger partial charge is 0.545 e. The van der Waals surface area contributed by atoms with E-state index in [2.05, 4.69) is 0 Å². The summed E-state index contributed by atoms with van der Waals surface area (Å²) in [5, 5.41) is 12.4. The molecule has 198 valence electrons. The van der Waals surface area contributed by atoms with E-state index in [1.807, 2.05) is 48.5 Å². The zero-order chi connectivity index (χ0) is 26.9. The highest BCUT2D eigenvalue weighted by Crippen LogP contribution is 2.59. The number of methoxy groups -OCH3 is 1. The van der Waals surface area contributed by atoms with Crippen molar-refractivity contribution in [3.8, 4) is 23.0 Å². The van der Waals surface area contributed by atoms with Crippen LogP contribution in [0.1, 0.15) is 42.5 Å². The molecule has 2 unspecified atom stereocenters. The highest BCUT2D eigenvalue weighted by atomic mass is 32.2. The highest BCUT2D eigenvalue weighted by molar-refractivity contribution is 7.97. The number of benzene rings is 3. The fourth-order valence-electron chi connectivity index (χ4n) is 7.19. The van der Waals surface area contributed by atoms with Gasteiger partial charge in [-0.2, -0.15) is 0 Å². The standard InChI is InChI=1S/C31H26O7S/c1-36-23-12-20(29(33)34)27(39-25-8-4-2-6-21(25)37-22-7-3-5-9-26(22)39)13-24(23)38-30(35)31-14-17-10-18(15-31)28(32)19(11-17)16-31/h2-9,12-13,17-19H,10-11,14-16H2,1H3. The fourth-order valence-corrected chi connectivity index (χ4v) is 9.54. The summed E-state index contributed by atoms with van der Waals surface area (Å²) in [4.78, 5) is 41.0. The molecule has 4 fully saturated rings.